The molecule has 0 aromatic heterocycles. The molecule has 0 aliphatic heterocycles. The van der Waals surface area contributed by atoms with Crippen LogP contribution in [0.25, 0.3) is 0 Å². The molecule has 4 heteroatoms. The van der Waals surface area contributed by atoms with Crippen molar-refractivity contribution in [2.45, 2.75) is 44.8 Å². The molecule has 0 atom stereocenters. The first-order chi connectivity index (χ1) is 8.69. The lowest BCUT2D eigenvalue weighted by molar-refractivity contribution is 0.126. The average Bonchev–Trinajstić information content (AvgIpc) is 2.36. The van der Waals surface area contributed by atoms with Gasteiger partial charge in [-0.05, 0) is 44.7 Å². The first-order valence-corrected chi connectivity index (χ1v) is 6.56. The molecule has 2 rings (SSSR count). The molecule has 0 radical (unpaired) electrons. The number of hydrogen-bond donors (Lipinski definition) is 2. The van der Waals surface area contributed by atoms with Gasteiger partial charge >= 0.3 is 0 Å². The van der Waals surface area contributed by atoms with E-state index < -0.39 is 0 Å². The minimum Gasteiger partial charge on any atom is -0.492 e. The Hall–Kier alpha value is -1.29. The van der Waals surface area contributed by atoms with E-state index in [0.29, 0.717) is 18.4 Å². The molecule has 1 fully saturated rings. The van der Waals surface area contributed by atoms with Gasteiger partial charge < -0.3 is 15.2 Å². The summed E-state index contributed by atoms with van der Waals surface area (Å²) in [5.41, 5.74) is 0.833. The van der Waals surface area contributed by atoms with Crippen molar-refractivity contribution in [1.29, 1.82) is 0 Å². The molecule has 2 N–H and O–H groups in total. The Bertz CT molecular complexity index is 389. The normalized spacial score (nSPS) is 23.7. The largest absolute Gasteiger partial charge is 0.492 e. The van der Waals surface area contributed by atoms with Crippen molar-refractivity contribution < 1.29 is 14.2 Å². The lowest BCUT2D eigenvalue weighted by Crippen LogP contribution is -2.28. The number of ether oxygens (including phenoxy) is 1. The monoisotopic (exact) mass is 253 g/mol. The second-order valence-electron chi connectivity index (χ2n) is 4.72. The van der Waals surface area contributed by atoms with E-state index in [1.165, 1.54) is 12.1 Å². The molecule has 1 aromatic rings. The van der Waals surface area contributed by atoms with Crippen molar-refractivity contribution in [1.82, 2.24) is 0 Å². The number of rotatable bonds is 4. The molecular formula is C14H20FNO2. The second-order valence-corrected chi connectivity index (χ2v) is 4.72. The van der Waals surface area contributed by atoms with Gasteiger partial charge in [0.2, 0.25) is 0 Å². The molecule has 1 aliphatic carbocycles. The van der Waals surface area contributed by atoms with Crippen molar-refractivity contribution >= 4 is 5.69 Å². The fourth-order valence-corrected chi connectivity index (χ4v) is 2.33. The average molecular weight is 253 g/mol. The van der Waals surface area contributed by atoms with Gasteiger partial charge in [0.15, 0.2) is 0 Å². The Morgan fingerprint density at radius 1 is 1.33 bits per heavy atom. The molecular weight excluding hydrogens is 233 g/mol. The van der Waals surface area contributed by atoms with Crippen LogP contribution in [-0.2, 0) is 0 Å². The number of nitrogens with one attached hydrogen (secondary N) is 1. The number of aliphatic hydroxyl groups excluding tert-OH is 1. The van der Waals surface area contributed by atoms with E-state index in [-0.39, 0.29) is 11.9 Å². The zero-order valence-corrected chi connectivity index (χ0v) is 10.7. The molecule has 18 heavy (non-hydrogen) atoms. The molecule has 1 aromatic carbocycles. The van der Waals surface area contributed by atoms with E-state index in [9.17, 15) is 9.50 Å². The van der Waals surface area contributed by atoms with Crippen LogP contribution >= 0.6 is 0 Å². The van der Waals surface area contributed by atoms with E-state index in [1.807, 2.05) is 6.92 Å². The number of anilines is 1. The number of benzene rings is 1. The maximum absolute atomic E-state index is 13.2. The number of halogens is 1. The summed E-state index contributed by atoms with van der Waals surface area (Å²) in [4.78, 5) is 0. The summed E-state index contributed by atoms with van der Waals surface area (Å²) >= 11 is 0. The lowest BCUT2D eigenvalue weighted by Gasteiger charge is -2.27. The van der Waals surface area contributed by atoms with Crippen LogP contribution in [0.1, 0.15) is 32.6 Å². The zero-order chi connectivity index (χ0) is 13.0. The van der Waals surface area contributed by atoms with Gasteiger partial charge in [0.25, 0.3) is 0 Å². The number of hydrogen-bond acceptors (Lipinski definition) is 3. The molecule has 1 aliphatic rings. The minimum absolute atomic E-state index is 0.164. The van der Waals surface area contributed by atoms with Gasteiger partial charge in [-0.2, -0.15) is 0 Å². The van der Waals surface area contributed by atoms with Gasteiger partial charge in [-0.15, -0.1) is 0 Å². The van der Waals surface area contributed by atoms with E-state index in [4.69, 9.17) is 4.74 Å². The lowest BCUT2D eigenvalue weighted by atomic mass is 9.93. The zero-order valence-electron chi connectivity index (χ0n) is 10.7. The predicted molar refractivity (Wildman–Crippen MR) is 69.5 cm³/mol. The van der Waals surface area contributed by atoms with Gasteiger partial charge in [-0.1, -0.05) is 0 Å². The van der Waals surface area contributed by atoms with Gasteiger partial charge in [-0.3, -0.25) is 0 Å². The first kappa shape index (κ1) is 13.1. The van der Waals surface area contributed by atoms with E-state index in [0.717, 1.165) is 31.4 Å². The molecule has 0 heterocycles. The Balaban J connectivity index is 2.03. The Morgan fingerprint density at radius 2 is 2.06 bits per heavy atom. The predicted octanol–water partition coefficient (Wildman–Crippen LogP) is 2.94. The molecule has 100 valence electrons. The Kier molecular flexibility index (Phi) is 4.42. The van der Waals surface area contributed by atoms with E-state index >= 15 is 0 Å². The summed E-state index contributed by atoms with van der Waals surface area (Å²) in [5.74, 6) is 0.270. The third kappa shape index (κ3) is 3.35. The summed E-state index contributed by atoms with van der Waals surface area (Å²) in [6, 6.07) is 4.88. The van der Waals surface area contributed by atoms with Crippen molar-refractivity contribution in [2.24, 2.45) is 0 Å². The van der Waals surface area contributed by atoms with Crippen LogP contribution in [0, 0.1) is 5.82 Å². The van der Waals surface area contributed by atoms with Crippen LogP contribution < -0.4 is 10.1 Å². The fraction of sp³-hybridized carbons (Fsp3) is 0.571. The topological polar surface area (TPSA) is 41.5 Å². The SMILES string of the molecule is CCOc1cc(F)ccc1NC1CCC(O)CC1. The number of aliphatic hydroxyl groups is 1. The highest BCUT2D eigenvalue weighted by molar-refractivity contribution is 5.57. The highest BCUT2D eigenvalue weighted by Gasteiger charge is 2.20. The summed E-state index contributed by atoms with van der Waals surface area (Å²) in [6.07, 6.45) is 3.35. The van der Waals surface area contributed by atoms with Crippen molar-refractivity contribution in [3.63, 3.8) is 0 Å². The first-order valence-electron chi connectivity index (χ1n) is 6.56. The van der Waals surface area contributed by atoms with Gasteiger partial charge in [-0.25, -0.2) is 4.39 Å². The Labute approximate surface area is 107 Å². The third-order valence-corrected chi connectivity index (χ3v) is 3.30. The van der Waals surface area contributed by atoms with Crippen LogP contribution in [0.15, 0.2) is 18.2 Å². The van der Waals surface area contributed by atoms with Gasteiger partial charge in [0, 0.05) is 12.1 Å². The van der Waals surface area contributed by atoms with Crippen LogP contribution in [0.5, 0.6) is 5.75 Å². The summed E-state index contributed by atoms with van der Waals surface area (Å²) in [5, 5.41) is 12.8. The molecule has 0 saturated heterocycles. The van der Waals surface area contributed by atoms with Crippen LogP contribution in [0.4, 0.5) is 10.1 Å². The summed E-state index contributed by atoms with van der Waals surface area (Å²) in [6.45, 7) is 2.40. The van der Waals surface area contributed by atoms with Gasteiger partial charge in [0.1, 0.15) is 11.6 Å². The third-order valence-electron chi connectivity index (χ3n) is 3.30. The minimum atomic E-state index is -0.289. The molecule has 1 saturated carbocycles. The molecule has 3 nitrogen and oxygen atoms in total. The smallest absolute Gasteiger partial charge is 0.145 e. The fourth-order valence-electron chi connectivity index (χ4n) is 2.33. The molecule has 0 unspecified atom stereocenters. The second kappa shape index (κ2) is 6.05. The maximum Gasteiger partial charge on any atom is 0.145 e. The highest BCUT2D eigenvalue weighted by Crippen LogP contribution is 2.29. The summed E-state index contributed by atoms with van der Waals surface area (Å²) < 4.78 is 18.6. The molecule has 0 amide bonds. The van der Waals surface area contributed by atoms with Gasteiger partial charge in [0.05, 0.1) is 18.4 Å². The van der Waals surface area contributed by atoms with Crippen molar-refractivity contribution in [3.05, 3.63) is 24.0 Å². The quantitative estimate of drug-likeness (QED) is 0.867. The molecule has 0 bridgehead atoms. The highest BCUT2D eigenvalue weighted by atomic mass is 19.1. The Morgan fingerprint density at radius 3 is 2.72 bits per heavy atom. The molecule has 0 spiro atoms. The summed E-state index contributed by atoms with van der Waals surface area (Å²) in [7, 11) is 0. The van der Waals surface area contributed by atoms with Crippen LogP contribution in [0.3, 0.4) is 0 Å². The maximum atomic E-state index is 13.2. The van der Waals surface area contributed by atoms with Crippen molar-refractivity contribution in [2.75, 3.05) is 11.9 Å². The standard InChI is InChI=1S/C14H20FNO2/c1-2-18-14-9-10(15)3-8-13(14)16-11-4-6-12(17)7-5-11/h3,8-9,11-12,16-17H,2,4-7H2,1H3. The van der Waals surface area contributed by atoms with Crippen molar-refractivity contribution in [3.8, 4) is 5.75 Å². The van der Waals surface area contributed by atoms with E-state index in [1.54, 1.807) is 6.07 Å². The van der Waals surface area contributed by atoms with Crippen LogP contribution in [0.2, 0.25) is 0 Å². The van der Waals surface area contributed by atoms with Crippen LogP contribution in [-0.4, -0.2) is 23.9 Å². The van der Waals surface area contributed by atoms with E-state index in [2.05, 4.69) is 5.32 Å².